The van der Waals surface area contributed by atoms with Crippen LogP contribution >= 0.6 is 0 Å². The maximum absolute atomic E-state index is 10.00. The van der Waals surface area contributed by atoms with Crippen molar-refractivity contribution in [2.45, 2.75) is 13.2 Å². The summed E-state index contributed by atoms with van der Waals surface area (Å²) in [6.07, 6.45) is -1.06. The summed E-state index contributed by atoms with van der Waals surface area (Å²) >= 11 is 0. The number of aliphatic hydroxyl groups is 1. The van der Waals surface area contributed by atoms with E-state index in [1.54, 1.807) is 22.7 Å². The fourth-order valence-corrected chi connectivity index (χ4v) is 2.06. The van der Waals surface area contributed by atoms with Crippen molar-refractivity contribution >= 4 is 22.2 Å². The Balaban J connectivity index is 2.32. The minimum Gasteiger partial charge on any atom is -0.399 e. The number of tetrazole rings is 1. The Morgan fingerprint density at radius 1 is 1.42 bits per heavy atom. The smallest absolute Gasteiger partial charge is 0.188 e. The molecule has 1 atom stereocenters. The van der Waals surface area contributed by atoms with Gasteiger partial charge in [-0.2, -0.15) is 4.52 Å². The average molecular weight is 259 g/mol. The Kier molecular flexibility index (Phi) is 2.77. The molecule has 0 radical (unpaired) electrons. The van der Waals surface area contributed by atoms with Crippen LogP contribution in [0.25, 0.3) is 16.6 Å². The molecule has 98 valence electrons. The number of hydrogen-bond donors (Lipinski definition) is 2. The molecule has 7 heteroatoms. The molecule has 2 aromatic heterocycles. The minimum absolute atomic E-state index is 0.397. The first-order chi connectivity index (χ1) is 9.20. The van der Waals surface area contributed by atoms with Crippen LogP contribution in [0.15, 0.2) is 24.3 Å². The Morgan fingerprint density at radius 2 is 2.26 bits per heavy atom. The van der Waals surface area contributed by atoms with Gasteiger partial charge in [-0.05, 0) is 35.5 Å². The molecule has 3 aromatic rings. The Labute approximate surface area is 108 Å². The van der Waals surface area contributed by atoms with Gasteiger partial charge in [0, 0.05) is 17.7 Å². The fourth-order valence-electron chi connectivity index (χ4n) is 2.06. The summed E-state index contributed by atoms with van der Waals surface area (Å²) in [6, 6.07) is 7.24. The lowest BCUT2D eigenvalue weighted by Crippen LogP contribution is -2.06. The van der Waals surface area contributed by atoms with Gasteiger partial charge in [0.1, 0.15) is 0 Å². The van der Waals surface area contributed by atoms with Crippen LogP contribution in [-0.2, 0) is 4.74 Å². The van der Waals surface area contributed by atoms with E-state index in [1.807, 2.05) is 13.0 Å². The van der Waals surface area contributed by atoms with Crippen LogP contribution in [0.5, 0.6) is 0 Å². The molecule has 0 bridgehead atoms. The van der Waals surface area contributed by atoms with Gasteiger partial charge in [0.15, 0.2) is 11.9 Å². The summed E-state index contributed by atoms with van der Waals surface area (Å²) in [6.45, 7) is 2.21. The predicted molar refractivity (Wildman–Crippen MR) is 69.3 cm³/mol. The standard InChI is InChI=1S/C12H13N5O2/c1-2-19-12(18)9-5-7-3-4-8(13)6-10(7)17-11(9)14-15-16-17/h3-6,12,18H,2,13H2,1H3. The van der Waals surface area contributed by atoms with E-state index in [4.69, 9.17) is 10.5 Å². The highest BCUT2D eigenvalue weighted by Gasteiger charge is 2.16. The third-order valence-corrected chi connectivity index (χ3v) is 2.91. The van der Waals surface area contributed by atoms with Crippen LogP contribution in [0.1, 0.15) is 18.8 Å². The van der Waals surface area contributed by atoms with E-state index in [9.17, 15) is 5.11 Å². The molecule has 0 saturated carbocycles. The molecule has 1 unspecified atom stereocenters. The van der Waals surface area contributed by atoms with E-state index in [0.29, 0.717) is 23.5 Å². The lowest BCUT2D eigenvalue weighted by Gasteiger charge is -2.12. The molecule has 3 rings (SSSR count). The van der Waals surface area contributed by atoms with Crippen LogP contribution in [-0.4, -0.2) is 31.8 Å². The number of benzene rings is 1. The molecule has 0 aliphatic rings. The second-order valence-electron chi connectivity index (χ2n) is 4.14. The van der Waals surface area contributed by atoms with Gasteiger partial charge in [0.05, 0.1) is 11.1 Å². The van der Waals surface area contributed by atoms with Gasteiger partial charge in [-0.15, -0.1) is 5.10 Å². The molecule has 0 aliphatic carbocycles. The van der Waals surface area contributed by atoms with Crippen molar-refractivity contribution in [1.82, 2.24) is 20.0 Å². The second kappa shape index (κ2) is 4.45. The number of aromatic nitrogens is 4. The Morgan fingerprint density at radius 3 is 3.05 bits per heavy atom. The topological polar surface area (TPSA) is 98.6 Å². The van der Waals surface area contributed by atoms with E-state index in [0.717, 1.165) is 10.9 Å². The Hall–Kier alpha value is -2.25. The molecule has 7 nitrogen and oxygen atoms in total. The lowest BCUT2D eigenvalue weighted by molar-refractivity contribution is -0.0972. The first kappa shape index (κ1) is 11.8. The summed E-state index contributed by atoms with van der Waals surface area (Å²) in [4.78, 5) is 0. The predicted octanol–water partition coefficient (Wildman–Crippen LogP) is 0.887. The summed E-state index contributed by atoms with van der Waals surface area (Å²) in [5.41, 5.74) is 8.17. The molecular weight excluding hydrogens is 246 g/mol. The number of fused-ring (bicyclic) bond motifs is 3. The van der Waals surface area contributed by atoms with Gasteiger partial charge in [0.25, 0.3) is 0 Å². The van der Waals surface area contributed by atoms with Crippen molar-refractivity contribution in [3.8, 4) is 0 Å². The van der Waals surface area contributed by atoms with Crippen LogP contribution in [0, 0.1) is 0 Å². The van der Waals surface area contributed by atoms with Gasteiger partial charge in [-0.1, -0.05) is 6.07 Å². The summed E-state index contributed by atoms with van der Waals surface area (Å²) in [5.74, 6) is 0. The number of aliphatic hydroxyl groups excluding tert-OH is 1. The van der Waals surface area contributed by atoms with Crippen LogP contribution < -0.4 is 5.73 Å². The highest BCUT2D eigenvalue weighted by molar-refractivity contribution is 5.85. The number of rotatable bonds is 3. The second-order valence-corrected chi connectivity index (χ2v) is 4.14. The largest absolute Gasteiger partial charge is 0.399 e. The fraction of sp³-hybridized carbons (Fsp3) is 0.250. The van der Waals surface area contributed by atoms with Crippen molar-refractivity contribution < 1.29 is 9.84 Å². The van der Waals surface area contributed by atoms with Crippen LogP contribution in [0.3, 0.4) is 0 Å². The van der Waals surface area contributed by atoms with Gasteiger partial charge >= 0.3 is 0 Å². The van der Waals surface area contributed by atoms with Crippen molar-refractivity contribution in [3.05, 3.63) is 29.8 Å². The summed E-state index contributed by atoms with van der Waals surface area (Å²) < 4.78 is 6.74. The number of ether oxygens (including phenoxy) is 1. The zero-order valence-electron chi connectivity index (χ0n) is 10.3. The van der Waals surface area contributed by atoms with E-state index in [2.05, 4.69) is 15.5 Å². The zero-order valence-corrected chi connectivity index (χ0v) is 10.3. The van der Waals surface area contributed by atoms with Crippen molar-refractivity contribution in [3.63, 3.8) is 0 Å². The van der Waals surface area contributed by atoms with Gasteiger partial charge in [0.2, 0.25) is 0 Å². The number of anilines is 1. The van der Waals surface area contributed by atoms with Crippen molar-refractivity contribution in [1.29, 1.82) is 0 Å². The number of nitrogens with two attached hydrogens (primary N) is 1. The SMILES string of the molecule is CCOC(O)c1cc2ccc(N)cc2n2nnnc12. The van der Waals surface area contributed by atoms with Gasteiger partial charge < -0.3 is 15.6 Å². The van der Waals surface area contributed by atoms with E-state index >= 15 is 0 Å². The molecule has 19 heavy (non-hydrogen) atoms. The minimum atomic E-state index is -1.06. The molecule has 0 amide bonds. The monoisotopic (exact) mass is 259 g/mol. The van der Waals surface area contributed by atoms with Crippen molar-refractivity contribution in [2.24, 2.45) is 0 Å². The first-order valence-electron chi connectivity index (χ1n) is 5.90. The first-order valence-corrected chi connectivity index (χ1v) is 5.90. The van der Waals surface area contributed by atoms with Gasteiger partial charge in [-0.25, -0.2) is 0 Å². The number of nitrogen functional groups attached to an aromatic ring is 1. The van der Waals surface area contributed by atoms with E-state index < -0.39 is 6.29 Å². The van der Waals surface area contributed by atoms with Crippen LogP contribution in [0.2, 0.25) is 0 Å². The zero-order chi connectivity index (χ0) is 13.4. The molecule has 3 N–H and O–H groups in total. The number of pyridine rings is 1. The normalized spacial score (nSPS) is 13.2. The van der Waals surface area contributed by atoms with Crippen LogP contribution in [0.4, 0.5) is 5.69 Å². The highest BCUT2D eigenvalue weighted by atomic mass is 16.6. The molecule has 1 aromatic carbocycles. The van der Waals surface area contributed by atoms with E-state index in [1.165, 1.54) is 0 Å². The summed E-state index contributed by atoms with van der Waals surface area (Å²) in [7, 11) is 0. The molecule has 0 spiro atoms. The molecule has 2 heterocycles. The summed E-state index contributed by atoms with van der Waals surface area (Å²) in [5, 5.41) is 22.4. The maximum atomic E-state index is 10.00. The molecule has 0 fully saturated rings. The molecule has 0 saturated heterocycles. The number of nitrogens with zero attached hydrogens (tertiary/aromatic N) is 4. The third-order valence-electron chi connectivity index (χ3n) is 2.91. The highest BCUT2D eigenvalue weighted by Crippen LogP contribution is 2.25. The van der Waals surface area contributed by atoms with Crippen molar-refractivity contribution in [2.75, 3.05) is 12.3 Å². The number of hydrogen-bond acceptors (Lipinski definition) is 6. The third kappa shape index (κ3) is 1.88. The Bertz CT molecular complexity index is 739. The average Bonchev–Trinajstić information content (AvgIpc) is 2.87. The molecular formula is C12H13N5O2. The quantitative estimate of drug-likeness (QED) is 0.535. The van der Waals surface area contributed by atoms with Gasteiger partial charge in [-0.3, -0.25) is 0 Å². The van der Waals surface area contributed by atoms with E-state index in [-0.39, 0.29) is 0 Å². The lowest BCUT2D eigenvalue weighted by atomic mass is 10.1. The maximum Gasteiger partial charge on any atom is 0.188 e. The molecule has 0 aliphatic heterocycles.